The Morgan fingerprint density at radius 3 is 1.91 bits per heavy atom. The third-order valence-corrected chi connectivity index (χ3v) is 3.69. The van der Waals surface area contributed by atoms with E-state index in [0.29, 0.717) is 17.1 Å². The molecular weight excluding hydrogens is 288 g/mol. The van der Waals surface area contributed by atoms with Crippen LogP contribution in [0.1, 0.15) is 19.4 Å². The molecule has 122 valence electrons. The van der Waals surface area contributed by atoms with Crippen molar-refractivity contribution in [2.24, 2.45) is 5.92 Å². The van der Waals surface area contributed by atoms with Gasteiger partial charge in [0.15, 0.2) is 17.4 Å². The molecule has 0 fully saturated rings. The molecule has 0 heterocycles. The van der Waals surface area contributed by atoms with Gasteiger partial charge in [0, 0.05) is 11.0 Å². The van der Waals surface area contributed by atoms with Gasteiger partial charge < -0.3 is 18.9 Å². The minimum atomic E-state index is -1.12. The molecular formula is C16H22O6. The Morgan fingerprint density at radius 1 is 0.955 bits per heavy atom. The van der Waals surface area contributed by atoms with Crippen molar-refractivity contribution in [1.82, 2.24) is 0 Å². The summed E-state index contributed by atoms with van der Waals surface area (Å²) in [6.07, 6.45) is 0. The molecule has 0 amide bonds. The van der Waals surface area contributed by atoms with E-state index < -0.39 is 23.3 Å². The molecule has 0 aliphatic heterocycles. The van der Waals surface area contributed by atoms with Crippen molar-refractivity contribution in [2.45, 2.75) is 19.3 Å². The van der Waals surface area contributed by atoms with Crippen molar-refractivity contribution in [3.05, 3.63) is 23.8 Å². The van der Waals surface area contributed by atoms with Gasteiger partial charge in [-0.1, -0.05) is 26.0 Å². The molecule has 0 N–H and O–H groups in total. The Balaban J connectivity index is 3.49. The van der Waals surface area contributed by atoms with Gasteiger partial charge in [-0.2, -0.15) is 0 Å². The molecule has 1 aromatic rings. The first-order valence-corrected chi connectivity index (χ1v) is 6.72. The van der Waals surface area contributed by atoms with Crippen molar-refractivity contribution in [3.63, 3.8) is 0 Å². The number of hydrogen-bond donors (Lipinski definition) is 0. The molecule has 0 unspecified atom stereocenters. The average molecular weight is 310 g/mol. The number of methoxy groups -OCH3 is 4. The number of para-hydroxylation sites is 1. The Labute approximate surface area is 130 Å². The molecule has 0 spiro atoms. The van der Waals surface area contributed by atoms with Gasteiger partial charge in [0.2, 0.25) is 0 Å². The van der Waals surface area contributed by atoms with Gasteiger partial charge in [-0.05, 0) is 6.07 Å². The molecule has 0 aromatic heterocycles. The smallest absolute Gasteiger partial charge is 0.320 e. The second kappa shape index (κ2) is 7.15. The van der Waals surface area contributed by atoms with Crippen LogP contribution in [0, 0.1) is 5.92 Å². The van der Waals surface area contributed by atoms with Crippen molar-refractivity contribution in [1.29, 1.82) is 0 Å². The summed E-state index contributed by atoms with van der Waals surface area (Å²) >= 11 is 0. The lowest BCUT2D eigenvalue weighted by Crippen LogP contribution is -2.42. The molecule has 0 bridgehead atoms. The highest BCUT2D eigenvalue weighted by atomic mass is 16.5. The zero-order chi connectivity index (χ0) is 16.9. The predicted molar refractivity (Wildman–Crippen MR) is 80.1 cm³/mol. The first kappa shape index (κ1) is 17.8. The highest BCUT2D eigenvalue weighted by molar-refractivity contribution is 5.96. The van der Waals surface area contributed by atoms with Crippen LogP contribution in [-0.4, -0.2) is 40.4 Å². The van der Waals surface area contributed by atoms with Crippen LogP contribution in [0.25, 0.3) is 0 Å². The molecule has 1 aromatic carbocycles. The lowest BCUT2D eigenvalue weighted by Gasteiger charge is -2.32. The first-order chi connectivity index (χ1) is 10.3. The second-order valence-electron chi connectivity index (χ2n) is 5.24. The third-order valence-electron chi connectivity index (χ3n) is 3.69. The van der Waals surface area contributed by atoms with Gasteiger partial charge in [-0.25, -0.2) is 0 Å². The van der Waals surface area contributed by atoms with E-state index in [9.17, 15) is 9.59 Å². The summed E-state index contributed by atoms with van der Waals surface area (Å²) in [4.78, 5) is 24.2. The van der Waals surface area contributed by atoms with E-state index in [2.05, 4.69) is 0 Å². The molecule has 1 rings (SSSR count). The van der Waals surface area contributed by atoms with Crippen molar-refractivity contribution in [2.75, 3.05) is 28.4 Å². The monoisotopic (exact) mass is 310 g/mol. The zero-order valence-electron chi connectivity index (χ0n) is 13.8. The SMILES string of the molecule is COC(=O)C(C(=O)OC)C(C)(C)c1cccc(OC)c1OC. The fraction of sp³-hybridized carbons (Fsp3) is 0.500. The van der Waals surface area contributed by atoms with E-state index in [-0.39, 0.29) is 0 Å². The summed E-state index contributed by atoms with van der Waals surface area (Å²) in [5.41, 5.74) is -0.268. The number of hydrogen-bond acceptors (Lipinski definition) is 6. The molecule has 6 nitrogen and oxygen atoms in total. The van der Waals surface area contributed by atoms with Crippen molar-refractivity contribution in [3.8, 4) is 11.5 Å². The van der Waals surface area contributed by atoms with E-state index >= 15 is 0 Å². The highest BCUT2D eigenvalue weighted by Gasteiger charge is 2.45. The van der Waals surface area contributed by atoms with Crippen molar-refractivity contribution >= 4 is 11.9 Å². The average Bonchev–Trinajstić information content (AvgIpc) is 2.53. The van der Waals surface area contributed by atoms with Gasteiger partial charge in [-0.15, -0.1) is 0 Å². The van der Waals surface area contributed by atoms with Crippen LogP contribution in [0.5, 0.6) is 11.5 Å². The number of ether oxygens (including phenoxy) is 4. The van der Waals surface area contributed by atoms with E-state index in [0.717, 1.165) is 0 Å². The maximum Gasteiger partial charge on any atom is 0.320 e. The molecule has 0 aliphatic carbocycles. The quantitative estimate of drug-likeness (QED) is 0.591. The Kier molecular flexibility index (Phi) is 5.79. The van der Waals surface area contributed by atoms with Crippen LogP contribution in [0.15, 0.2) is 18.2 Å². The Hall–Kier alpha value is -2.24. The fourth-order valence-electron chi connectivity index (χ4n) is 2.47. The zero-order valence-corrected chi connectivity index (χ0v) is 13.8. The number of esters is 2. The number of carbonyl (C=O) groups is 2. The van der Waals surface area contributed by atoms with Crippen LogP contribution in [-0.2, 0) is 24.5 Å². The van der Waals surface area contributed by atoms with E-state index in [1.165, 1.54) is 28.4 Å². The molecule has 0 saturated carbocycles. The maximum absolute atomic E-state index is 12.1. The standard InChI is InChI=1S/C16H22O6/c1-16(2,12(14(17)21-5)15(18)22-6)10-8-7-9-11(19-3)13(10)20-4/h7-9,12H,1-6H3. The Bertz CT molecular complexity index is 534. The predicted octanol–water partition coefficient (Wildman–Crippen LogP) is 1.94. The van der Waals surface area contributed by atoms with Gasteiger partial charge >= 0.3 is 11.9 Å². The summed E-state index contributed by atoms with van der Waals surface area (Å²) in [7, 11) is 5.49. The van der Waals surface area contributed by atoms with Gasteiger partial charge in [0.25, 0.3) is 0 Å². The number of carbonyl (C=O) groups excluding carboxylic acids is 2. The molecule has 0 radical (unpaired) electrons. The fourth-order valence-corrected chi connectivity index (χ4v) is 2.47. The number of rotatable bonds is 6. The second-order valence-corrected chi connectivity index (χ2v) is 5.24. The lowest BCUT2D eigenvalue weighted by atomic mass is 9.72. The van der Waals surface area contributed by atoms with E-state index in [4.69, 9.17) is 18.9 Å². The van der Waals surface area contributed by atoms with Crippen LogP contribution in [0.3, 0.4) is 0 Å². The van der Waals surface area contributed by atoms with Gasteiger partial charge in [0.1, 0.15) is 0 Å². The van der Waals surface area contributed by atoms with Gasteiger partial charge in [-0.3, -0.25) is 9.59 Å². The summed E-state index contributed by atoms with van der Waals surface area (Å²) in [5.74, 6) is -1.47. The van der Waals surface area contributed by atoms with E-state index in [1.807, 2.05) is 0 Å². The topological polar surface area (TPSA) is 71.1 Å². The minimum absolute atomic E-state index is 0.466. The normalized spacial score (nSPS) is 11.0. The largest absolute Gasteiger partial charge is 0.493 e. The van der Waals surface area contributed by atoms with Gasteiger partial charge in [0.05, 0.1) is 28.4 Å². The van der Waals surface area contributed by atoms with Crippen LogP contribution in [0.4, 0.5) is 0 Å². The Morgan fingerprint density at radius 2 is 1.50 bits per heavy atom. The van der Waals surface area contributed by atoms with Crippen LogP contribution in [0.2, 0.25) is 0 Å². The maximum atomic E-state index is 12.1. The molecule has 22 heavy (non-hydrogen) atoms. The van der Waals surface area contributed by atoms with Crippen LogP contribution < -0.4 is 9.47 Å². The molecule has 0 aliphatic rings. The summed E-state index contributed by atoms with van der Waals surface area (Å²) in [6, 6.07) is 5.29. The van der Waals surface area contributed by atoms with E-state index in [1.54, 1.807) is 32.0 Å². The highest BCUT2D eigenvalue weighted by Crippen LogP contribution is 2.42. The van der Waals surface area contributed by atoms with Crippen molar-refractivity contribution < 1.29 is 28.5 Å². The first-order valence-electron chi connectivity index (χ1n) is 6.72. The molecule has 6 heteroatoms. The molecule has 0 saturated heterocycles. The number of benzene rings is 1. The minimum Gasteiger partial charge on any atom is -0.493 e. The summed E-state index contributed by atoms with van der Waals surface area (Å²) in [5, 5.41) is 0. The third kappa shape index (κ3) is 3.16. The summed E-state index contributed by atoms with van der Waals surface area (Å²) in [6.45, 7) is 3.51. The van der Waals surface area contributed by atoms with Crippen LogP contribution >= 0.6 is 0 Å². The summed E-state index contributed by atoms with van der Waals surface area (Å²) < 4.78 is 20.2. The molecule has 0 atom stereocenters. The lowest BCUT2D eigenvalue weighted by molar-refractivity contribution is -0.162.